The van der Waals surface area contributed by atoms with Crippen molar-refractivity contribution in [3.63, 3.8) is 0 Å². The van der Waals surface area contributed by atoms with Crippen LogP contribution in [0.1, 0.15) is 31.4 Å². The molecule has 0 aromatic heterocycles. The normalized spacial score (nSPS) is 24.4. The van der Waals surface area contributed by atoms with E-state index in [4.69, 9.17) is 14.2 Å². The van der Waals surface area contributed by atoms with Gasteiger partial charge in [0, 0.05) is 59.3 Å². The molecule has 8 heteroatoms. The first-order valence-corrected chi connectivity index (χ1v) is 11.5. The van der Waals surface area contributed by atoms with Crippen LogP contribution in [-0.4, -0.2) is 88.1 Å². The van der Waals surface area contributed by atoms with Gasteiger partial charge in [-0.15, -0.1) is 24.0 Å². The van der Waals surface area contributed by atoms with Gasteiger partial charge in [0.25, 0.3) is 0 Å². The van der Waals surface area contributed by atoms with Gasteiger partial charge in [-0.3, -0.25) is 9.89 Å². The average molecular weight is 561 g/mol. The molecule has 1 N–H and O–H groups in total. The molecule has 0 amide bonds. The van der Waals surface area contributed by atoms with Crippen LogP contribution >= 0.6 is 24.0 Å². The predicted octanol–water partition coefficient (Wildman–Crippen LogP) is 2.97. The molecule has 2 aliphatic heterocycles. The molecule has 0 aliphatic carbocycles. The van der Waals surface area contributed by atoms with Crippen LogP contribution in [0.5, 0.6) is 0 Å². The molecule has 7 nitrogen and oxygen atoms in total. The topological polar surface area (TPSA) is 58.6 Å². The fourth-order valence-corrected chi connectivity index (χ4v) is 4.50. The molecule has 2 aliphatic rings. The van der Waals surface area contributed by atoms with Crippen LogP contribution in [0.15, 0.2) is 29.3 Å². The van der Waals surface area contributed by atoms with Crippen molar-refractivity contribution < 1.29 is 14.2 Å². The summed E-state index contributed by atoms with van der Waals surface area (Å²) < 4.78 is 16.6. The fourth-order valence-electron chi connectivity index (χ4n) is 4.50. The van der Waals surface area contributed by atoms with E-state index in [2.05, 4.69) is 58.2 Å². The van der Waals surface area contributed by atoms with E-state index in [1.165, 1.54) is 11.1 Å². The molecule has 2 saturated heterocycles. The highest BCUT2D eigenvalue weighted by molar-refractivity contribution is 14.0. The van der Waals surface area contributed by atoms with Crippen LogP contribution in [0.3, 0.4) is 0 Å². The molecule has 3 rings (SSSR count). The Morgan fingerprint density at radius 2 is 1.78 bits per heavy atom. The zero-order valence-electron chi connectivity index (χ0n) is 20.1. The molecule has 0 saturated carbocycles. The van der Waals surface area contributed by atoms with Crippen LogP contribution < -0.4 is 5.32 Å². The SMILES string of the molecule is CN=C(NCc1ccc(CN2CC(C)OC(C)C2)cc1)N1CCC(COCCOC)C1.I. The number of methoxy groups -OCH3 is 1. The maximum absolute atomic E-state index is 5.84. The monoisotopic (exact) mass is 560 g/mol. The number of guanidine groups is 1. The third kappa shape index (κ3) is 8.78. The molecule has 32 heavy (non-hydrogen) atoms. The van der Waals surface area contributed by atoms with Crippen molar-refractivity contribution in [3.8, 4) is 0 Å². The van der Waals surface area contributed by atoms with Crippen LogP contribution in [0.25, 0.3) is 0 Å². The summed E-state index contributed by atoms with van der Waals surface area (Å²) in [6.45, 7) is 12.2. The van der Waals surface area contributed by atoms with E-state index in [0.717, 1.165) is 58.3 Å². The van der Waals surface area contributed by atoms with Crippen molar-refractivity contribution in [2.24, 2.45) is 10.9 Å². The quantitative estimate of drug-likeness (QED) is 0.217. The van der Waals surface area contributed by atoms with Gasteiger partial charge in [-0.25, -0.2) is 0 Å². The molecular weight excluding hydrogens is 519 g/mol. The maximum Gasteiger partial charge on any atom is 0.193 e. The molecule has 1 aromatic carbocycles. The number of benzene rings is 1. The summed E-state index contributed by atoms with van der Waals surface area (Å²) in [7, 11) is 3.56. The number of nitrogens with zero attached hydrogens (tertiary/aromatic N) is 3. The molecule has 2 fully saturated rings. The second kappa shape index (κ2) is 14.3. The molecule has 0 bridgehead atoms. The third-order valence-corrected chi connectivity index (χ3v) is 5.96. The van der Waals surface area contributed by atoms with Gasteiger partial charge in [-0.05, 0) is 31.4 Å². The number of hydrogen-bond acceptors (Lipinski definition) is 5. The largest absolute Gasteiger partial charge is 0.382 e. The van der Waals surface area contributed by atoms with Gasteiger partial charge in [0.1, 0.15) is 0 Å². The van der Waals surface area contributed by atoms with Gasteiger partial charge in [0.15, 0.2) is 5.96 Å². The Kier molecular flexibility index (Phi) is 12.2. The van der Waals surface area contributed by atoms with Gasteiger partial charge >= 0.3 is 0 Å². The minimum atomic E-state index is 0. The molecule has 0 radical (unpaired) electrons. The highest BCUT2D eigenvalue weighted by Gasteiger charge is 2.25. The van der Waals surface area contributed by atoms with E-state index in [-0.39, 0.29) is 24.0 Å². The summed E-state index contributed by atoms with van der Waals surface area (Å²) in [5.74, 6) is 1.53. The maximum atomic E-state index is 5.84. The second-order valence-electron chi connectivity index (χ2n) is 8.84. The first-order valence-electron chi connectivity index (χ1n) is 11.5. The molecule has 3 unspecified atom stereocenters. The molecular formula is C24H41IN4O3. The van der Waals surface area contributed by atoms with E-state index >= 15 is 0 Å². The molecule has 182 valence electrons. The third-order valence-electron chi connectivity index (χ3n) is 5.96. The van der Waals surface area contributed by atoms with Crippen molar-refractivity contribution in [1.82, 2.24) is 15.1 Å². The first-order chi connectivity index (χ1) is 15.1. The standard InChI is InChI=1S/C24H40N4O3.HI/c1-19-14-27(15-20(2)31-19)16-22-7-5-21(6-8-22)13-26-24(25-3)28-10-9-23(17-28)18-30-12-11-29-4;/h5-8,19-20,23H,9-18H2,1-4H3,(H,25,26);1H. The summed E-state index contributed by atoms with van der Waals surface area (Å²) in [4.78, 5) is 9.31. The lowest BCUT2D eigenvalue weighted by Gasteiger charge is -2.35. The second-order valence-corrected chi connectivity index (χ2v) is 8.84. The van der Waals surface area contributed by atoms with Gasteiger partial charge in [0.2, 0.25) is 0 Å². The van der Waals surface area contributed by atoms with Crippen LogP contribution in [0, 0.1) is 5.92 Å². The Hall–Kier alpha value is -0.940. The minimum absolute atomic E-state index is 0. The number of nitrogens with one attached hydrogen (secondary N) is 1. The molecule has 0 spiro atoms. The van der Waals surface area contributed by atoms with Crippen molar-refractivity contribution in [2.75, 3.05) is 60.2 Å². The minimum Gasteiger partial charge on any atom is -0.382 e. The summed E-state index contributed by atoms with van der Waals surface area (Å²) in [5.41, 5.74) is 2.62. The number of ether oxygens (including phenoxy) is 3. The predicted molar refractivity (Wildman–Crippen MR) is 140 cm³/mol. The van der Waals surface area contributed by atoms with E-state index in [0.29, 0.717) is 31.3 Å². The summed E-state index contributed by atoms with van der Waals surface area (Å²) >= 11 is 0. The Labute approximate surface area is 210 Å². The van der Waals surface area contributed by atoms with Crippen molar-refractivity contribution in [2.45, 2.75) is 45.6 Å². The van der Waals surface area contributed by atoms with E-state index < -0.39 is 0 Å². The summed E-state index contributed by atoms with van der Waals surface area (Å²) in [5, 5.41) is 3.53. The highest BCUT2D eigenvalue weighted by Crippen LogP contribution is 2.17. The van der Waals surface area contributed by atoms with Crippen LogP contribution in [0.2, 0.25) is 0 Å². The van der Waals surface area contributed by atoms with Crippen molar-refractivity contribution in [1.29, 1.82) is 0 Å². The number of aliphatic imine (C=N–C) groups is 1. The lowest BCUT2D eigenvalue weighted by Crippen LogP contribution is -2.44. The average Bonchev–Trinajstić information content (AvgIpc) is 3.21. The van der Waals surface area contributed by atoms with E-state index in [9.17, 15) is 0 Å². The number of likely N-dealkylation sites (tertiary alicyclic amines) is 1. The lowest BCUT2D eigenvalue weighted by atomic mass is 10.1. The molecule has 3 atom stereocenters. The highest BCUT2D eigenvalue weighted by atomic mass is 127. The van der Waals surface area contributed by atoms with Gasteiger partial charge in [0.05, 0.1) is 32.0 Å². The summed E-state index contributed by atoms with van der Waals surface area (Å²) in [6, 6.07) is 8.93. The first kappa shape index (κ1) is 27.3. The Balaban J connectivity index is 0.00000363. The molecule has 1 aromatic rings. The summed E-state index contributed by atoms with van der Waals surface area (Å²) in [6.07, 6.45) is 1.75. The zero-order valence-corrected chi connectivity index (χ0v) is 22.4. The van der Waals surface area contributed by atoms with Gasteiger partial charge in [-0.2, -0.15) is 0 Å². The Morgan fingerprint density at radius 3 is 2.44 bits per heavy atom. The van der Waals surface area contributed by atoms with Crippen LogP contribution in [-0.2, 0) is 27.3 Å². The van der Waals surface area contributed by atoms with Gasteiger partial charge in [-0.1, -0.05) is 24.3 Å². The number of halogens is 1. The fraction of sp³-hybridized carbons (Fsp3) is 0.708. The molecule has 2 heterocycles. The number of morpholine rings is 1. The number of rotatable bonds is 9. The van der Waals surface area contributed by atoms with Crippen LogP contribution in [0.4, 0.5) is 0 Å². The van der Waals surface area contributed by atoms with E-state index in [1.54, 1.807) is 7.11 Å². The smallest absolute Gasteiger partial charge is 0.193 e. The van der Waals surface area contributed by atoms with Crippen molar-refractivity contribution >= 4 is 29.9 Å². The Morgan fingerprint density at radius 1 is 1.09 bits per heavy atom. The number of hydrogen-bond donors (Lipinski definition) is 1. The lowest BCUT2D eigenvalue weighted by molar-refractivity contribution is -0.0704. The van der Waals surface area contributed by atoms with Crippen molar-refractivity contribution in [3.05, 3.63) is 35.4 Å². The zero-order chi connectivity index (χ0) is 22.1. The Bertz CT molecular complexity index is 678. The van der Waals surface area contributed by atoms with Gasteiger partial charge < -0.3 is 24.4 Å². The van der Waals surface area contributed by atoms with E-state index in [1.807, 2.05) is 7.05 Å².